The third kappa shape index (κ3) is 6.36. The SMILES string of the molecule is CCOC(=O)CCC(CCC(=O)OCC)N1C(=O)CCC1C(=O)OC. The standard InChI is InChI=1S/C17H27NO7/c1-4-24-15(20)10-6-12(7-11-16(21)25-5-2)18-13(17(22)23-3)8-9-14(18)19/h12-13H,4-11H2,1-3H3. The molecule has 0 saturated carbocycles. The van der Waals surface area contributed by atoms with E-state index in [1.165, 1.54) is 12.0 Å². The van der Waals surface area contributed by atoms with Crippen LogP contribution in [-0.2, 0) is 33.4 Å². The van der Waals surface area contributed by atoms with E-state index in [0.29, 0.717) is 19.3 Å². The zero-order valence-corrected chi connectivity index (χ0v) is 15.1. The molecule has 1 aliphatic heterocycles. The van der Waals surface area contributed by atoms with Gasteiger partial charge >= 0.3 is 17.9 Å². The molecule has 0 aromatic heterocycles. The van der Waals surface area contributed by atoms with E-state index in [9.17, 15) is 19.2 Å². The number of rotatable bonds is 10. The summed E-state index contributed by atoms with van der Waals surface area (Å²) in [6.45, 7) is 3.99. The maximum atomic E-state index is 12.3. The van der Waals surface area contributed by atoms with E-state index in [0.717, 1.165) is 0 Å². The van der Waals surface area contributed by atoms with Gasteiger partial charge in [0.15, 0.2) is 0 Å². The van der Waals surface area contributed by atoms with Crippen LogP contribution >= 0.6 is 0 Å². The van der Waals surface area contributed by atoms with Gasteiger partial charge in [-0.15, -0.1) is 0 Å². The molecule has 0 N–H and O–H groups in total. The van der Waals surface area contributed by atoms with Gasteiger partial charge in [-0.25, -0.2) is 4.79 Å². The Bertz CT molecular complexity index is 469. The highest BCUT2D eigenvalue weighted by atomic mass is 16.5. The van der Waals surface area contributed by atoms with Crippen molar-refractivity contribution >= 4 is 23.8 Å². The van der Waals surface area contributed by atoms with Gasteiger partial charge in [-0.05, 0) is 33.1 Å². The minimum Gasteiger partial charge on any atom is -0.467 e. The Morgan fingerprint density at radius 1 is 1.08 bits per heavy atom. The number of hydrogen-bond donors (Lipinski definition) is 0. The van der Waals surface area contributed by atoms with Gasteiger partial charge in [0.05, 0.1) is 20.3 Å². The summed E-state index contributed by atoms with van der Waals surface area (Å²) >= 11 is 0. The average molecular weight is 357 g/mol. The fourth-order valence-corrected chi connectivity index (χ4v) is 2.99. The third-order valence-corrected chi connectivity index (χ3v) is 4.10. The molecule has 25 heavy (non-hydrogen) atoms. The highest BCUT2D eigenvalue weighted by Crippen LogP contribution is 2.27. The maximum absolute atomic E-state index is 12.3. The van der Waals surface area contributed by atoms with Crippen molar-refractivity contribution in [1.29, 1.82) is 0 Å². The summed E-state index contributed by atoms with van der Waals surface area (Å²) in [4.78, 5) is 49.0. The highest BCUT2D eigenvalue weighted by molar-refractivity contribution is 5.88. The molecule has 1 atom stereocenters. The van der Waals surface area contributed by atoms with Crippen molar-refractivity contribution in [2.45, 2.75) is 64.5 Å². The molecule has 0 bridgehead atoms. The van der Waals surface area contributed by atoms with Gasteiger partial charge in [0.1, 0.15) is 6.04 Å². The minimum atomic E-state index is -0.674. The van der Waals surface area contributed by atoms with Crippen molar-refractivity contribution in [3.8, 4) is 0 Å². The van der Waals surface area contributed by atoms with Crippen LogP contribution in [0.3, 0.4) is 0 Å². The summed E-state index contributed by atoms with van der Waals surface area (Å²) in [5.74, 6) is -1.40. The predicted molar refractivity (Wildman–Crippen MR) is 87.4 cm³/mol. The molecule has 1 saturated heterocycles. The Morgan fingerprint density at radius 3 is 2.04 bits per heavy atom. The summed E-state index contributed by atoms with van der Waals surface area (Å²) in [6.07, 6.45) is 1.48. The van der Waals surface area contributed by atoms with E-state index < -0.39 is 18.1 Å². The van der Waals surface area contributed by atoms with Crippen LogP contribution in [0.1, 0.15) is 52.4 Å². The molecule has 1 aliphatic rings. The molecule has 1 amide bonds. The fraction of sp³-hybridized carbons (Fsp3) is 0.765. The topological polar surface area (TPSA) is 99.2 Å². The van der Waals surface area contributed by atoms with Crippen LogP contribution < -0.4 is 0 Å². The third-order valence-electron chi connectivity index (χ3n) is 4.10. The number of amides is 1. The van der Waals surface area contributed by atoms with Crippen LogP contribution in [0.2, 0.25) is 0 Å². The quantitative estimate of drug-likeness (QED) is 0.428. The molecule has 0 aromatic rings. The minimum absolute atomic E-state index is 0.110. The molecule has 8 nitrogen and oxygen atoms in total. The van der Waals surface area contributed by atoms with E-state index in [1.54, 1.807) is 13.8 Å². The van der Waals surface area contributed by atoms with Crippen LogP contribution in [0.4, 0.5) is 0 Å². The summed E-state index contributed by atoms with van der Waals surface area (Å²) in [5.41, 5.74) is 0. The van der Waals surface area contributed by atoms with Gasteiger partial charge in [-0.3, -0.25) is 14.4 Å². The molecular formula is C17H27NO7. The molecule has 1 unspecified atom stereocenters. The van der Waals surface area contributed by atoms with E-state index in [2.05, 4.69) is 0 Å². The first kappa shape index (κ1) is 20.9. The molecule has 0 aromatic carbocycles. The first-order valence-electron chi connectivity index (χ1n) is 8.64. The number of ether oxygens (including phenoxy) is 3. The molecule has 0 radical (unpaired) electrons. The Labute approximate surface area is 147 Å². The lowest BCUT2D eigenvalue weighted by molar-refractivity contribution is -0.151. The number of likely N-dealkylation sites (tertiary alicyclic amines) is 1. The number of carbonyl (C=O) groups excluding carboxylic acids is 4. The Morgan fingerprint density at radius 2 is 1.60 bits per heavy atom. The largest absolute Gasteiger partial charge is 0.467 e. The van der Waals surface area contributed by atoms with Crippen molar-refractivity contribution in [2.24, 2.45) is 0 Å². The molecule has 1 rings (SSSR count). The molecule has 0 spiro atoms. The van der Waals surface area contributed by atoms with Gasteiger partial charge in [0, 0.05) is 25.3 Å². The van der Waals surface area contributed by atoms with Gasteiger partial charge in [0.25, 0.3) is 0 Å². The van der Waals surface area contributed by atoms with E-state index >= 15 is 0 Å². The Balaban J connectivity index is 2.82. The van der Waals surface area contributed by atoms with Crippen molar-refractivity contribution in [3.05, 3.63) is 0 Å². The Hall–Kier alpha value is -2.12. The number of carbonyl (C=O) groups is 4. The summed E-state index contributed by atoms with van der Waals surface area (Å²) in [5, 5.41) is 0. The van der Waals surface area contributed by atoms with Gasteiger partial charge in [-0.2, -0.15) is 0 Å². The number of esters is 3. The zero-order valence-electron chi connectivity index (χ0n) is 15.1. The van der Waals surface area contributed by atoms with Crippen molar-refractivity contribution < 1.29 is 33.4 Å². The monoisotopic (exact) mass is 357 g/mol. The van der Waals surface area contributed by atoms with Gasteiger partial charge < -0.3 is 19.1 Å². The van der Waals surface area contributed by atoms with Crippen LogP contribution in [0.25, 0.3) is 0 Å². The maximum Gasteiger partial charge on any atom is 0.328 e. The molecule has 142 valence electrons. The average Bonchev–Trinajstić information content (AvgIpc) is 2.96. The van der Waals surface area contributed by atoms with Crippen LogP contribution in [0.5, 0.6) is 0 Å². The van der Waals surface area contributed by atoms with Crippen molar-refractivity contribution in [2.75, 3.05) is 20.3 Å². The second-order valence-electron chi connectivity index (χ2n) is 5.72. The summed E-state index contributed by atoms with van der Waals surface area (Å²) in [7, 11) is 1.27. The fourth-order valence-electron chi connectivity index (χ4n) is 2.99. The second kappa shape index (κ2) is 10.7. The van der Waals surface area contributed by atoms with Crippen LogP contribution in [0.15, 0.2) is 0 Å². The summed E-state index contributed by atoms with van der Waals surface area (Å²) < 4.78 is 14.6. The second-order valence-corrected chi connectivity index (χ2v) is 5.72. The molecule has 1 heterocycles. The van der Waals surface area contributed by atoms with Crippen molar-refractivity contribution in [1.82, 2.24) is 4.90 Å². The first-order chi connectivity index (χ1) is 11.9. The van der Waals surface area contributed by atoms with Crippen molar-refractivity contribution in [3.63, 3.8) is 0 Å². The van der Waals surface area contributed by atoms with E-state index in [1.807, 2.05) is 0 Å². The smallest absolute Gasteiger partial charge is 0.328 e. The molecule has 0 aliphatic carbocycles. The Kier molecular flexibility index (Phi) is 8.94. The van der Waals surface area contributed by atoms with E-state index in [-0.39, 0.29) is 50.3 Å². The predicted octanol–water partition coefficient (Wildman–Crippen LogP) is 1.21. The number of nitrogens with zero attached hydrogens (tertiary/aromatic N) is 1. The van der Waals surface area contributed by atoms with Crippen LogP contribution in [-0.4, -0.2) is 61.1 Å². The number of methoxy groups -OCH3 is 1. The van der Waals surface area contributed by atoms with Gasteiger partial charge in [-0.1, -0.05) is 0 Å². The molecule has 1 fully saturated rings. The molecular weight excluding hydrogens is 330 g/mol. The summed E-state index contributed by atoms with van der Waals surface area (Å²) in [6, 6.07) is -1.10. The normalized spacial score (nSPS) is 16.9. The molecule has 8 heteroatoms. The lowest BCUT2D eigenvalue weighted by Crippen LogP contribution is -2.46. The lowest BCUT2D eigenvalue weighted by Gasteiger charge is -2.32. The zero-order chi connectivity index (χ0) is 18.8. The lowest BCUT2D eigenvalue weighted by atomic mass is 10.0. The number of hydrogen-bond acceptors (Lipinski definition) is 7. The van der Waals surface area contributed by atoms with E-state index in [4.69, 9.17) is 14.2 Å². The van der Waals surface area contributed by atoms with Gasteiger partial charge in [0.2, 0.25) is 5.91 Å². The van der Waals surface area contributed by atoms with Crippen LogP contribution in [0, 0.1) is 0 Å². The highest BCUT2D eigenvalue weighted by Gasteiger charge is 2.41. The first-order valence-corrected chi connectivity index (χ1v) is 8.64.